The quantitative estimate of drug-likeness (QED) is 0.882. The highest BCUT2D eigenvalue weighted by Crippen LogP contribution is 2.39. The molecular weight excluding hydrogens is 224 g/mol. The molecule has 1 N–H and O–H groups in total. The summed E-state index contributed by atoms with van der Waals surface area (Å²) in [7, 11) is 0. The van der Waals surface area contributed by atoms with Gasteiger partial charge in [0.05, 0.1) is 11.6 Å². The fraction of sp³-hybridized carbons (Fsp3) is 0.500. The molecule has 0 saturated heterocycles. The van der Waals surface area contributed by atoms with Crippen molar-refractivity contribution in [1.82, 2.24) is 15.2 Å². The fourth-order valence-corrected chi connectivity index (χ4v) is 2.19. The minimum Gasteiger partial charge on any atom is -0.408 e. The van der Waals surface area contributed by atoms with Crippen LogP contribution >= 0.6 is 11.3 Å². The minimum absolute atomic E-state index is 0.507. The first-order valence-corrected chi connectivity index (χ1v) is 6.11. The van der Waals surface area contributed by atoms with Crippen molar-refractivity contribution < 1.29 is 4.42 Å². The van der Waals surface area contributed by atoms with E-state index in [1.165, 1.54) is 17.7 Å². The number of aryl methyl sites for hydroxylation is 1. The van der Waals surface area contributed by atoms with Crippen LogP contribution in [0, 0.1) is 6.92 Å². The van der Waals surface area contributed by atoms with Crippen LogP contribution in [0.3, 0.4) is 0 Å². The number of nitrogens with one attached hydrogen (secondary N) is 1. The van der Waals surface area contributed by atoms with Crippen LogP contribution in [0.1, 0.15) is 34.5 Å². The highest BCUT2D eigenvalue weighted by Gasteiger charge is 2.29. The molecule has 0 amide bonds. The standard InChI is InChI=1S/C10H12N4OS/c1-6-11-4-8(16-6)5-12-10-14-13-9(15-10)7-2-3-7/h4,7H,2-3,5H2,1H3,(H,12,14). The molecular formula is C10H12N4OS. The average molecular weight is 236 g/mol. The Morgan fingerprint density at radius 1 is 1.50 bits per heavy atom. The van der Waals surface area contributed by atoms with E-state index in [-0.39, 0.29) is 0 Å². The smallest absolute Gasteiger partial charge is 0.315 e. The van der Waals surface area contributed by atoms with E-state index in [0.29, 0.717) is 18.5 Å². The van der Waals surface area contributed by atoms with Crippen LogP contribution in [0.2, 0.25) is 0 Å². The SMILES string of the molecule is Cc1ncc(CNc2nnc(C3CC3)o2)s1. The lowest BCUT2D eigenvalue weighted by molar-refractivity contribution is 0.507. The Balaban J connectivity index is 1.61. The van der Waals surface area contributed by atoms with E-state index < -0.39 is 0 Å². The zero-order valence-electron chi connectivity index (χ0n) is 8.93. The number of aromatic nitrogens is 3. The monoisotopic (exact) mass is 236 g/mol. The summed E-state index contributed by atoms with van der Waals surface area (Å²) in [5, 5.41) is 12.1. The van der Waals surface area contributed by atoms with Gasteiger partial charge in [0.2, 0.25) is 5.89 Å². The Hall–Kier alpha value is -1.43. The van der Waals surface area contributed by atoms with E-state index in [9.17, 15) is 0 Å². The molecule has 5 nitrogen and oxygen atoms in total. The molecule has 0 aliphatic heterocycles. The Morgan fingerprint density at radius 3 is 3.06 bits per heavy atom. The lowest BCUT2D eigenvalue weighted by atomic mass is 10.4. The summed E-state index contributed by atoms with van der Waals surface area (Å²) >= 11 is 1.67. The first-order valence-electron chi connectivity index (χ1n) is 5.30. The molecule has 0 unspecified atom stereocenters. The van der Waals surface area contributed by atoms with Crippen molar-refractivity contribution in [3.63, 3.8) is 0 Å². The highest BCUT2D eigenvalue weighted by molar-refractivity contribution is 7.11. The molecule has 2 aromatic heterocycles. The summed E-state index contributed by atoms with van der Waals surface area (Å²) in [6.07, 6.45) is 4.22. The van der Waals surface area contributed by atoms with Gasteiger partial charge >= 0.3 is 6.01 Å². The van der Waals surface area contributed by atoms with Crippen molar-refractivity contribution in [3.05, 3.63) is 22.0 Å². The first-order chi connectivity index (χ1) is 7.81. The van der Waals surface area contributed by atoms with Crippen molar-refractivity contribution in [2.24, 2.45) is 0 Å². The Morgan fingerprint density at radius 2 is 2.38 bits per heavy atom. The maximum Gasteiger partial charge on any atom is 0.315 e. The number of thiazole rings is 1. The molecule has 1 aliphatic carbocycles. The summed E-state index contributed by atoms with van der Waals surface area (Å²) in [6.45, 7) is 2.68. The van der Waals surface area contributed by atoms with E-state index in [1.807, 2.05) is 13.1 Å². The Bertz CT molecular complexity index is 488. The molecule has 2 aromatic rings. The molecule has 0 atom stereocenters. The molecule has 0 spiro atoms. The predicted molar refractivity (Wildman–Crippen MR) is 60.5 cm³/mol. The van der Waals surface area contributed by atoms with Crippen LogP contribution in [0.15, 0.2) is 10.6 Å². The van der Waals surface area contributed by atoms with Gasteiger partial charge in [-0.3, -0.25) is 0 Å². The van der Waals surface area contributed by atoms with Crippen molar-refractivity contribution in [1.29, 1.82) is 0 Å². The molecule has 84 valence electrons. The third-order valence-electron chi connectivity index (χ3n) is 2.45. The second kappa shape index (κ2) is 3.86. The molecule has 0 aromatic carbocycles. The van der Waals surface area contributed by atoms with Crippen molar-refractivity contribution >= 4 is 17.4 Å². The summed E-state index contributed by atoms with van der Waals surface area (Å²) in [4.78, 5) is 5.35. The average Bonchev–Trinajstić information content (AvgIpc) is 2.87. The van der Waals surface area contributed by atoms with Gasteiger partial charge in [-0.25, -0.2) is 4.98 Å². The number of nitrogens with zero attached hydrogens (tertiary/aromatic N) is 3. The third kappa shape index (κ3) is 2.06. The van der Waals surface area contributed by atoms with Gasteiger partial charge in [-0.2, -0.15) is 0 Å². The largest absolute Gasteiger partial charge is 0.408 e. The van der Waals surface area contributed by atoms with Gasteiger partial charge in [0.25, 0.3) is 0 Å². The molecule has 1 aliphatic rings. The summed E-state index contributed by atoms with van der Waals surface area (Å²) in [5.41, 5.74) is 0. The Kier molecular flexibility index (Phi) is 2.36. The lowest BCUT2D eigenvalue weighted by Crippen LogP contribution is -1.97. The van der Waals surface area contributed by atoms with Gasteiger partial charge < -0.3 is 9.73 Å². The predicted octanol–water partition coefficient (Wildman–Crippen LogP) is 2.32. The second-order valence-corrected chi connectivity index (χ2v) is 5.24. The Labute approximate surface area is 96.9 Å². The number of anilines is 1. The van der Waals surface area contributed by atoms with E-state index in [4.69, 9.17) is 4.42 Å². The summed E-state index contributed by atoms with van der Waals surface area (Å²) in [5.74, 6) is 1.27. The number of hydrogen-bond acceptors (Lipinski definition) is 6. The van der Waals surface area contributed by atoms with Crippen molar-refractivity contribution in [2.75, 3.05) is 5.32 Å². The molecule has 0 radical (unpaired) electrons. The summed E-state index contributed by atoms with van der Waals surface area (Å²) < 4.78 is 5.49. The van der Waals surface area contributed by atoms with Crippen LogP contribution in [0.5, 0.6) is 0 Å². The zero-order chi connectivity index (χ0) is 11.0. The highest BCUT2D eigenvalue weighted by atomic mass is 32.1. The van der Waals surface area contributed by atoms with Crippen LogP contribution in [0.25, 0.3) is 0 Å². The lowest BCUT2D eigenvalue weighted by Gasteiger charge is -1.96. The zero-order valence-corrected chi connectivity index (χ0v) is 9.75. The van der Waals surface area contributed by atoms with Crippen LogP contribution in [-0.4, -0.2) is 15.2 Å². The third-order valence-corrected chi connectivity index (χ3v) is 3.36. The molecule has 1 saturated carbocycles. The van der Waals surface area contributed by atoms with E-state index >= 15 is 0 Å². The van der Waals surface area contributed by atoms with E-state index in [2.05, 4.69) is 20.5 Å². The topological polar surface area (TPSA) is 63.8 Å². The van der Waals surface area contributed by atoms with Crippen LogP contribution in [0.4, 0.5) is 6.01 Å². The molecule has 3 rings (SSSR count). The fourth-order valence-electron chi connectivity index (χ4n) is 1.45. The maximum atomic E-state index is 5.49. The van der Waals surface area contributed by atoms with E-state index in [0.717, 1.165) is 10.9 Å². The molecule has 6 heteroatoms. The molecule has 2 heterocycles. The first kappa shape index (κ1) is 9.77. The van der Waals surface area contributed by atoms with Crippen LogP contribution < -0.4 is 5.32 Å². The normalized spacial score (nSPS) is 15.3. The van der Waals surface area contributed by atoms with Gasteiger partial charge in [0, 0.05) is 17.0 Å². The van der Waals surface area contributed by atoms with Gasteiger partial charge in [0.1, 0.15) is 0 Å². The van der Waals surface area contributed by atoms with Gasteiger partial charge in [-0.05, 0) is 19.8 Å². The molecule has 16 heavy (non-hydrogen) atoms. The second-order valence-electron chi connectivity index (χ2n) is 3.92. The van der Waals surface area contributed by atoms with Crippen LogP contribution in [-0.2, 0) is 6.54 Å². The van der Waals surface area contributed by atoms with Crippen molar-refractivity contribution in [2.45, 2.75) is 32.2 Å². The molecule has 0 bridgehead atoms. The van der Waals surface area contributed by atoms with E-state index in [1.54, 1.807) is 11.3 Å². The molecule has 1 fully saturated rings. The van der Waals surface area contributed by atoms with Gasteiger partial charge in [0.15, 0.2) is 0 Å². The maximum absolute atomic E-state index is 5.49. The summed E-state index contributed by atoms with van der Waals surface area (Å²) in [6, 6.07) is 0.507. The van der Waals surface area contributed by atoms with Crippen molar-refractivity contribution in [3.8, 4) is 0 Å². The van der Waals surface area contributed by atoms with Gasteiger partial charge in [-0.15, -0.1) is 16.4 Å². The number of rotatable bonds is 4. The van der Waals surface area contributed by atoms with Gasteiger partial charge in [-0.1, -0.05) is 5.10 Å². The number of hydrogen-bond donors (Lipinski definition) is 1. The minimum atomic E-state index is 0.507.